The molecule has 2 aromatic heterocycles. The quantitative estimate of drug-likeness (QED) is 0.0787. The molecule has 0 saturated heterocycles. The molecular formula is C60H74N6O2. The number of aryl methyl sites for hydroxylation is 2. The Hall–Kier alpha value is -5.96. The molecule has 8 heteroatoms. The van der Waals surface area contributed by atoms with Crippen LogP contribution in [0.3, 0.4) is 0 Å². The first-order valence-corrected chi connectivity index (χ1v) is 25.4. The van der Waals surface area contributed by atoms with Crippen LogP contribution in [-0.2, 0) is 22.4 Å². The number of pyridine rings is 2. The molecule has 8 rings (SSSR count). The van der Waals surface area contributed by atoms with Crippen LogP contribution in [0.25, 0.3) is 22.3 Å². The van der Waals surface area contributed by atoms with Gasteiger partial charge in [-0.05, 0) is 119 Å². The molecule has 0 bridgehead atoms. The highest BCUT2D eigenvalue weighted by molar-refractivity contribution is 5.98. The lowest BCUT2D eigenvalue weighted by Gasteiger charge is -2.29. The van der Waals surface area contributed by atoms with Crippen molar-refractivity contribution in [2.75, 3.05) is 22.9 Å². The Morgan fingerprint density at radius 1 is 0.515 bits per heavy atom. The minimum absolute atomic E-state index is 0.0233. The minimum atomic E-state index is -0.0632. The van der Waals surface area contributed by atoms with Gasteiger partial charge >= 0.3 is 0 Å². The molecule has 0 spiro atoms. The topological polar surface area (TPSA) is 118 Å². The van der Waals surface area contributed by atoms with E-state index in [-0.39, 0.29) is 47.6 Å². The SMILES string of the molecule is CCCc1ccc(-c2ccc(N(C[C@@H](N)[C@@H](C)CC)C(=O)[C@@H]3C[C@H]3c3ccccn3)cc2)cc1.CCCc1ccc(-c2ccc(N(C[C@@H](N)[C@@H](C)CC)C(=O)[C@H]3C[C@@H]3c3ccccn3)cc2)cc1. The first kappa shape index (κ1) is 49.9. The number of carbonyl (C=O) groups is 2. The fourth-order valence-corrected chi connectivity index (χ4v) is 9.19. The average molecular weight is 911 g/mol. The number of aromatic nitrogens is 2. The molecule has 0 unspecified atom stereocenters. The number of amides is 2. The number of rotatable bonds is 20. The summed E-state index contributed by atoms with van der Waals surface area (Å²) in [7, 11) is 0. The maximum absolute atomic E-state index is 13.6. The first-order valence-electron chi connectivity index (χ1n) is 25.4. The lowest BCUT2D eigenvalue weighted by atomic mass is 9.98. The Bertz CT molecular complexity index is 2300. The summed E-state index contributed by atoms with van der Waals surface area (Å²) in [6.07, 6.45) is 11.8. The molecule has 8 nitrogen and oxygen atoms in total. The number of anilines is 2. The zero-order valence-electron chi connectivity index (χ0n) is 41.3. The Morgan fingerprint density at radius 3 is 1.15 bits per heavy atom. The highest BCUT2D eigenvalue weighted by Crippen LogP contribution is 2.49. The number of nitrogens with zero attached hydrogens (tertiary/aromatic N) is 4. The molecule has 2 aliphatic rings. The van der Waals surface area contributed by atoms with Crippen molar-refractivity contribution < 1.29 is 9.59 Å². The van der Waals surface area contributed by atoms with E-state index in [1.807, 2.05) is 46.2 Å². The van der Waals surface area contributed by atoms with Crippen molar-refractivity contribution in [3.8, 4) is 22.3 Å². The van der Waals surface area contributed by atoms with Crippen molar-refractivity contribution in [1.82, 2.24) is 9.97 Å². The Kier molecular flexibility index (Phi) is 17.5. The molecule has 2 saturated carbocycles. The summed E-state index contributed by atoms with van der Waals surface area (Å²) in [5, 5.41) is 0. The molecule has 356 valence electrons. The van der Waals surface area contributed by atoms with E-state index in [2.05, 4.69) is 149 Å². The van der Waals surface area contributed by atoms with E-state index in [9.17, 15) is 9.59 Å². The van der Waals surface area contributed by atoms with Crippen LogP contribution in [0.2, 0.25) is 0 Å². The van der Waals surface area contributed by atoms with E-state index in [1.54, 1.807) is 12.4 Å². The molecule has 2 amide bonds. The molecule has 4 N–H and O–H groups in total. The molecule has 0 aliphatic heterocycles. The van der Waals surface area contributed by atoms with Crippen molar-refractivity contribution in [2.24, 2.45) is 35.1 Å². The number of nitrogens with two attached hydrogens (primary N) is 2. The summed E-state index contributed by atoms with van der Waals surface area (Å²) in [6, 6.07) is 46.0. The first-order chi connectivity index (χ1) is 33.0. The Labute approximate surface area is 406 Å². The fourth-order valence-electron chi connectivity index (χ4n) is 9.19. The van der Waals surface area contributed by atoms with Gasteiger partial charge in [0.1, 0.15) is 0 Å². The molecule has 2 aliphatic carbocycles. The van der Waals surface area contributed by atoms with Crippen LogP contribution < -0.4 is 21.3 Å². The van der Waals surface area contributed by atoms with Crippen molar-refractivity contribution in [1.29, 1.82) is 0 Å². The van der Waals surface area contributed by atoms with Gasteiger partial charge in [0, 0.05) is 84.0 Å². The van der Waals surface area contributed by atoms with E-state index >= 15 is 0 Å². The summed E-state index contributed by atoms with van der Waals surface area (Å²) in [5.41, 5.74) is 24.3. The van der Waals surface area contributed by atoms with Gasteiger partial charge in [0.25, 0.3) is 0 Å². The third kappa shape index (κ3) is 12.8. The molecule has 2 heterocycles. The van der Waals surface area contributed by atoms with Crippen molar-refractivity contribution in [2.45, 2.75) is 117 Å². The second-order valence-electron chi connectivity index (χ2n) is 19.4. The minimum Gasteiger partial charge on any atom is -0.326 e. The number of benzene rings is 4. The summed E-state index contributed by atoms with van der Waals surface area (Å²) < 4.78 is 0. The van der Waals surface area contributed by atoms with Crippen molar-refractivity contribution in [3.05, 3.63) is 168 Å². The molecule has 8 atom stereocenters. The summed E-state index contributed by atoms with van der Waals surface area (Å²) in [6.45, 7) is 14.1. The third-order valence-corrected chi connectivity index (χ3v) is 14.4. The van der Waals surface area contributed by atoms with Gasteiger partial charge in [0.05, 0.1) is 0 Å². The van der Waals surface area contributed by atoms with Crippen LogP contribution >= 0.6 is 0 Å². The van der Waals surface area contributed by atoms with Gasteiger partial charge in [0.15, 0.2) is 0 Å². The van der Waals surface area contributed by atoms with Gasteiger partial charge in [-0.25, -0.2) is 0 Å². The van der Waals surface area contributed by atoms with Gasteiger partial charge in [-0.3, -0.25) is 19.6 Å². The normalized spacial score (nSPS) is 18.8. The van der Waals surface area contributed by atoms with E-state index < -0.39 is 0 Å². The van der Waals surface area contributed by atoms with Gasteiger partial charge in [-0.15, -0.1) is 0 Å². The lowest BCUT2D eigenvalue weighted by molar-refractivity contribution is -0.120. The zero-order chi connectivity index (χ0) is 48.2. The maximum atomic E-state index is 13.6. The maximum Gasteiger partial charge on any atom is 0.230 e. The second kappa shape index (κ2) is 23.9. The fraction of sp³-hybridized carbons (Fsp3) is 0.400. The Morgan fingerprint density at radius 2 is 0.853 bits per heavy atom. The summed E-state index contributed by atoms with van der Waals surface area (Å²) >= 11 is 0. The van der Waals surface area contributed by atoms with Gasteiger partial charge in [0.2, 0.25) is 11.8 Å². The highest BCUT2D eigenvalue weighted by Gasteiger charge is 2.48. The molecular weight excluding hydrogens is 837 g/mol. The second-order valence-corrected chi connectivity index (χ2v) is 19.4. The van der Waals surface area contributed by atoms with Crippen LogP contribution in [0.15, 0.2) is 146 Å². The predicted octanol–water partition coefficient (Wildman–Crippen LogP) is 12.4. The van der Waals surface area contributed by atoms with Gasteiger partial charge < -0.3 is 21.3 Å². The van der Waals surface area contributed by atoms with Crippen molar-refractivity contribution >= 4 is 23.2 Å². The number of hydrogen-bond donors (Lipinski definition) is 2. The smallest absolute Gasteiger partial charge is 0.230 e. The van der Waals surface area contributed by atoms with Crippen LogP contribution in [0.1, 0.15) is 114 Å². The van der Waals surface area contributed by atoms with Crippen LogP contribution in [0.5, 0.6) is 0 Å². The average Bonchev–Trinajstić information content (AvgIpc) is 4.34. The number of carbonyl (C=O) groups excluding carboxylic acids is 2. The lowest BCUT2D eigenvalue weighted by Crippen LogP contribution is -2.45. The van der Waals surface area contributed by atoms with E-state index in [0.29, 0.717) is 24.9 Å². The monoisotopic (exact) mass is 911 g/mol. The molecule has 68 heavy (non-hydrogen) atoms. The molecule has 6 aromatic rings. The van der Waals surface area contributed by atoms with E-state index in [1.165, 1.54) is 22.3 Å². The van der Waals surface area contributed by atoms with Crippen LogP contribution in [0.4, 0.5) is 11.4 Å². The van der Waals surface area contributed by atoms with Gasteiger partial charge in [-0.1, -0.05) is 152 Å². The molecule has 4 aromatic carbocycles. The standard InChI is InChI=1S/2C30H37N3O/c2*1-4-8-22-10-12-23(13-11-22)24-14-16-25(17-15-24)33(20-28(31)21(3)5-2)30(34)27-19-26(27)29-9-6-7-18-32-29/h2*6-7,9-18,21,26-28H,4-5,8,19-20,31H2,1-3H3/t21-,26+,27+,28+;21-,26-,27-,28+/m00/s1. The number of hydrogen-bond acceptors (Lipinski definition) is 6. The summed E-state index contributed by atoms with van der Waals surface area (Å²) in [4.78, 5) is 40.0. The van der Waals surface area contributed by atoms with Crippen molar-refractivity contribution in [3.63, 3.8) is 0 Å². The van der Waals surface area contributed by atoms with E-state index in [0.717, 1.165) is 85.3 Å². The zero-order valence-corrected chi connectivity index (χ0v) is 41.3. The molecule has 0 radical (unpaired) electrons. The van der Waals surface area contributed by atoms with Gasteiger partial charge in [-0.2, -0.15) is 0 Å². The van der Waals surface area contributed by atoms with E-state index in [4.69, 9.17) is 11.5 Å². The third-order valence-electron chi connectivity index (χ3n) is 14.4. The van der Waals surface area contributed by atoms with Crippen LogP contribution in [-0.4, -0.2) is 47.0 Å². The Balaban J connectivity index is 0.000000201. The molecule has 2 fully saturated rings. The largest absolute Gasteiger partial charge is 0.326 e. The summed E-state index contributed by atoms with van der Waals surface area (Å²) in [5.74, 6) is 1.38. The highest BCUT2D eigenvalue weighted by atomic mass is 16.2. The predicted molar refractivity (Wildman–Crippen MR) is 281 cm³/mol. The van der Waals surface area contributed by atoms with Crippen LogP contribution in [0, 0.1) is 23.7 Å².